The van der Waals surface area contributed by atoms with E-state index < -0.39 is 0 Å². The van der Waals surface area contributed by atoms with Gasteiger partial charge in [0.25, 0.3) is 5.91 Å². The molecule has 1 aliphatic rings. The van der Waals surface area contributed by atoms with Crippen molar-refractivity contribution in [3.05, 3.63) is 29.8 Å². The first-order valence-electron chi connectivity index (χ1n) is 8.19. The van der Waals surface area contributed by atoms with Crippen LogP contribution in [0.4, 0.5) is 4.79 Å². The van der Waals surface area contributed by atoms with Crippen LogP contribution in [0.5, 0.6) is 0 Å². The molecule has 1 aliphatic heterocycles. The van der Waals surface area contributed by atoms with Crippen LogP contribution in [0.25, 0.3) is 0 Å². The Morgan fingerprint density at radius 3 is 2.39 bits per heavy atom. The molecule has 0 unspecified atom stereocenters. The maximum absolute atomic E-state index is 12.5. The SMILES string of the molecule is CCN(CC)C(=O)NC1CCN(C(=O)c2ccccc2S)CC1. The lowest BCUT2D eigenvalue weighted by molar-refractivity contribution is 0.0703. The normalized spacial score (nSPS) is 15.3. The molecule has 5 nitrogen and oxygen atoms in total. The fourth-order valence-electron chi connectivity index (χ4n) is 2.83. The highest BCUT2D eigenvalue weighted by Crippen LogP contribution is 2.19. The number of benzene rings is 1. The molecule has 2 rings (SSSR count). The summed E-state index contributed by atoms with van der Waals surface area (Å²) in [6.45, 7) is 6.67. The molecule has 6 heteroatoms. The zero-order valence-corrected chi connectivity index (χ0v) is 14.7. The van der Waals surface area contributed by atoms with Crippen LogP contribution in [0.1, 0.15) is 37.0 Å². The number of hydrogen-bond acceptors (Lipinski definition) is 3. The molecule has 0 aromatic heterocycles. The van der Waals surface area contributed by atoms with Gasteiger partial charge in [-0.3, -0.25) is 4.79 Å². The summed E-state index contributed by atoms with van der Waals surface area (Å²) in [7, 11) is 0. The van der Waals surface area contributed by atoms with Crippen LogP contribution in [-0.2, 0) is 0 Å². The van der Waals surface area contributed by atoms with Gasteiger partial charge in [0.2, 0.25) is 0 Å². The summed E-state index contributed by atoms with van der Waals surface area (Å²) in [5, 5.41) is 3.07. The van der Waals surface area contributed by atoms with E-state index in [0.29, 0.717) is 36.6 Å². The van der Waals surface area contributed by atoms with Gasteiger partial charge in [-0.15, -0.1) is 12.6 Å². The molecule has 3 amide bonds. The summed E-state index contributed by atoms with van der Waals surface area (Å²) in [6.07, 6.45) is 1.57. The molecule has 1 aromatic carbocycles. The lowest BCUT2D eigenvalue weighted by Crippen LogP contribution is -2.50. The Hall–Kier alpha value is -1.69. The van der Waals surface area contributed by atoms with Gasteiger partial charge in [-0.05, 0) is 38.8 Å². The van der Waals surface area contributed by atoms with Crippen LogP contribution in [0.2, 0.25) is 0 Å². The van der Waals surface area contributed by atoms with Crippen molar-refractivity contribution in [2.45, 2.75) is 37.6 Å². The molecule has 126 valence electrons. The molecule has 0 saturated carbocycles. The molecular formula is C17H25N3O2S. The highest BCUT2D eigenvalue weighted by atomic mass is 32.1. The van der Waals surface area contributed by atoms with E-state index in [2.05, 4.69) is 17.9 Å². The van der Waals surface area contributed by atoms with Gasteiger partial charge in [0.1, 0.15) is 0 Å². The highest BCUT2D eigenvalue weighted by molar-refractivity contribution is 7.80. The number of hydrogen-bond donors (Lipinski definition) is 2. The Labute approximate surface area is 143 Å². The summed E-state index contributed by atoms with van der Waals surface area (Å²) in [4.78, 5) is 28.9. The number of nitrogens with zero attached hydrogens (tertiary/aromatic N) is 2. The summed E-state index contributed by atoms with van der Waals surface area (Å²) in [5.41, 5.74) is 0.640. The zero-order valence-electron chi connectivity index (χ0n) is 13.8. The van der Waals surface area contributed by atoms with E-state index >= 15 is 0 Å². The van der Waals surface area contributed by atoms with E-state index in [0.717, 1.165) is 12.8 Å². The van der Waals surface area contributed by atoms with Crippen molar-refractivity contribution in [2.24, 2.45) is 0 Å². The Balaban J connectivity index is 1.88. The lowest BCUT2D eigenvalue weighted by Gasteiger charge is -2.33. The molecule has 23 heavy (non-hydrogen) atoms. The minimum atomic E-state index is -0.0134. The standard InChI is InChI=1S/C17H25N3O2S/c1-3-19(4-2)17(22)18-13-9-11-20(12-10-13)16(21)14-7-5-6-8-15(14)23/h5-8,13,23H,3-4,9-12H2,1-2H3,(H,18,22). The summed E-state index contributed by atoms with van der Waals surface area (Å²) >= 11 is 4.35. The smallest absolute Gasteiger partial charge is 0.317 e. The van der Waals surface area contributed by atoms with E-state index in [1.807, 2.05) is 36.9 Å². The van der Waals surface area contributed by atoms with E-state index in [4.69, 9.17) is 0 Å². The van der Waals surface area contributed by atoms with Gasteiger partial charge < -0.3 is 15.1 Å². The van der Waals surface area contributed by atoms with Crippen molar-refractivity contribution in [3.8, 4) is 0 Å². The van der Waals surface area contributed by atoms with Gasteiger partial charge in [0.05, 0.1) is 5.56 Å². The second-order valence-corrected chi connectivity index (χ2v) is 6.19. The predicted octanol–water partition coefficient (Wildman–Crippen LogP) is 2.63. The monoisotopic (exact) mass is 335 g/mol. The van der Waals surface area contributed by atoms with Gasteiger partial charge >= 0.3 is 6.03 Å². The number of rotatable bonds is 4. The molecule has 0 bridgehead atoms. The number of thiol groups is 1. The minimum Gasteiger partial charge on any atom is -0.338 e. The quantitative estimate of drug-likeness (QED) is 0.831. The fourth-order valence-corrected chi connectivity index (χ4v) is 3.08. The van der Waals surface area contributed by atoms with Crippen LogP contribution in [0, 0.1) is 0 Å². The van der Waals surface area contributed by atoms with Gasteiger partial charge in [-0.25, -0.2) is 4.79 Å². The average Bonchev–Trinajstić information content (AvgIpc) is 2.56. The first kappa shape index (κ1) is 17.7. The second-order valence-electron chi connectivity index (χ2n) is 5.71. The third-order valence-corrected chi connectivity index (χ3v) is 4.68. The first-order chi connectivity index (χ1) is 11.1. The third-order valence-electron chi connectivity index (χ3n) is 4.29. The molecule has 1 aromatic rings. The van der Waals surface area contributed by atoms with E-state index in [1.165, 1.54) is 0 Å². The number of nitrogens with one attached hydrogen (secondary N) is 1. The molecule has 0 radical (unpaired) electrons. The Kier molecular flexibility index (Phi) is 6.33. The fraction of sp³-hybridized carbons (Fsp3) is 0.529. The Morgan fingerprint density at radius 2 is 1.83 bits per heavy atom. The molecule has 1 heterocycles. The molecule has 1 N–H and O–H groups in total. The van der Waals surface area contributed by atoms with Crippen molar-refractivity contribution >= 4 is 24.6 Å². The van der Waals surface area contributed by atoms with Gasteiger partial charge in [-0.1, -0.05) is 12.1 Å². The highest BCUT2D eigenvalue weighted by Gasteiger charge is 2.26. The summed E-state index contributed by atoms with van der Waals surface area (Å²) in [6, 6.07) is 7.48. The topological polar surface area (TPSA) is 52.7 Å². The number of amides is 3. The molecule has 0 aliphatic carbocycles. The number of urea groups is 1. The van der Waals surface area contributed by atoms with Gasteiger partial charge in [0.15, 0.2) is 0 Å². The zero-order chi connectivity index (χ0) is 16.8. The Bertz CT molecular complexity index is 553. The summed E-state index contributed by atoms with van der Waals surface area (Å²) < 4.78 is 0. The van der Waals surface area contributed by atoms with Crippen LogP contribution in [-0.4, -0.2) is 54.0 Å². The van der Waals surface area contributed by atoms with Crippen molar-refractivity contribution in [1.82, 2.24) is 15.1 Å². The number of likely N-dealkylation sites (tertiary alicyclic amines) is 1. The first-order valence-corrected chi connectivity index (χ1v) is 8.64. The maximum Gasteiger partial charge on any atom is 0.317 e. The van der Waals surface area contributed by atoms with Gasteiger partial charge in [0, 0.05) is 37.1 Å². The molecule has 0 atom stereocenters. The molecule has 1 saturated heterocycles. The largest absolute Gasteiger partial charge is 0.338 e. The van der Waals surface area contributed by atoms with E-state index in [1.54, 1.807) is 11.0 Å². The van der Waals surface area contributed by atoms with Crippen molar-refractivity contribution in [2.75, 3.05) is 26.2 Å². The van der Waals surface area contributed by atoms with E-state index in [9.17, 15) is 9.59 Å². The Morgan fingerprint density at radius 1 is 1.22 bits per heavy atom. The minimum absolute atomic E-state index is 0.0134. The van der Waals surface area contributed by atoms with Crippen LogP contribution < -0.4 is 5.32 Å². The summed E-state index contributed by atoms with van der Waals surface area (Å²) in [5.74, 6) is 0.0177. The number of carbonyl (C=O) groups excluding carboxylic acids is 2. The average molecular weight is 335 g/mol. The van der Waals surface area contributed by atoms with E-state index in [-0.39, 0.29) is 18.0 Å². The van der Waals surface area contributed by atoms with Crippen LogP contribution >= 0.6 is 12.6 Å². The van der Waals surface area contributed by atoms with Gasteiger partial charge in [-0.2, -0.15) is 0 Å². The number of piperidine rings is 1. The molecule has 1 fully saturated rings. The second kappa shape index (κ2) is 8.24. The third kappa shape index (κ3) is 4.41. The van der Waals surface area contributed by atoms with Crippen LogP contribution in [0.3, 0.4) is 0 Å². The van der Waals surface area contributed by atoms with Crippen molar-refractivity contribution in [1.29, 1.82) is 0 Å². The molecular weight excluding hydrogens is 310 g/mol. The maximum atomic E-state index is 12.5. The number of carbonyl (C=O) groups is 2. The van der Waals surface area contributed by atoms with Crippen LogP contribution in [0.15, 0.2) is 29.2 Å². The molecule has 0 spiro atoms. The predicted molar refractivity (Wildman–Crippen MR) is 94.1 cm³/mol. The lowest BCUT2D eigenvalue weighted by atomic mass is 10.0. The van der Waals surface area contributed by atoms with Crippen molar-refractivity contribution in [3.63, 3.8) is 0 Å². The van der Waals surface area contributed by atoms with Crippen molar-refractivity contribution < 1.29 is 9.59 Å².